The molecule has 2 N–H and O–H groups in total. The minimum atomic E-state index is -4.62. The Morgan fingerprint density at radius 2 is 2.15 bits per heavy atom. The Balaban J connectivity index is 2.15. The van der Waals surface area contributed by atoms with Crippen molar-refractivity contribution < 1.29 is 22.1 Å². The quantitative estimate of drug-likeness (QED) is 0.613. The number of nitrogen functional groups attached to an aromatic ring is 1. The Labute approximate surface area is 159 Å². The monoisotopic (exact) mass is 415 g/mol. The smallest absolute Gasteiger partial charge is 0.396 e. The molecule has 3 rings (SSSR count). The molecule has 3 heterocycles. The zero-order valence-corrected chi connectivity index (χ0v) is 15.9. The lowest BCUT2D eigenvalue weighted by molar-refractivity contribution is -0.136. The molecule has 1 atom stereocenters. The number of ether oxygens (including phenoxy) is 1. The van der Waals surface area contributed by atoms with Crippen LogP contribution >= 0.6 is 11.3 Å². The molecule has 0 saturated heterocycles. The van der Waals surface area contributed by atoms with E-state index in [0.29, 0.717) is 18.6 Å². The number of nitrogens with zero attached hydrogens (tertiary/aromatic N) is 2. The van der Waals surface area contributed by atoms with Crippen molar-refractivity contribution in [3.05, 3.63) is 36.2 Å². The summed E-state index contributed by atoms with van der Waals surface area (Å²) < 4.78 is 58.6. The third-order valence-electron chi connectivity index (χ3n) is 3.81. The van der Waals surface area contributed by atoms with Gasteiger partial charge in [0.15, 0.2) is 0 Å². The third kappa shape index (κ3) is 4.12. The summed E-state index contributed by atoms with van der Waals surface area (Å²) in [5.74, 6) is 0.252. The number of hydrogen-bond acceptors (Lipinski definition) is 6. The van der Waals surface area contributed by atoms with Crippen LogP contribution in [-0.2, 0) is 21.7 Å². The fourth-order valence-electron chi connectivity index (χ4n) is 2.58. The maximum atomic E-state index is 13.7. The largest absolute Gasteiger partial charge is 0.417 e. The molecule has 5 nitrogen and oxygen atoms in total. The molecule has 1 unspecified atom stereocenters. The van der Waals surface area contributed by atoms with Gasteiger partial charge in [0, 0.05) is 42.8 Å². The number of anilines is 1. The van der Waals surface area contributed by atoms with Crippen LogP contribution in [0.25, 0.3) is 21.5 Å². The molecular weight excluding hydrogens is 399 g/mol. The van der Waals surface area contributed by atoms with Gasteiger partial charge in [-0.3, -0.25) is 9.19 Å². The fraction of sp³-hybridized carbons (Fsp3) is 0.294. The van der Waals surface area contributed by atoms with Crippen molar-refractivity contribution >= 4 is 38.0 Å². The molecule has 0 fully saturated rings. The first-order valence-electron chi connectivity index (χ1n) is 7.91. The first-order valence-corrected chi connectivity index (χ1v) is 10.0. The first kappa shape index (κ1) is 19.7. The van der Waals surface area contributed by atoms with Crippen LogP contribution in [-0.4, -0.2) is 33.6 Å². The van der Waals surface area contributed by atoms with Crippen LogP contribution in [0.1, 0.15) is 12.0 Å². The number of fused-ring (bicyclic) bond motifs is 1. The van der Waals surface area contributed by atoms with Crippen molar-refractivity contribution in [1.29, 1.82) is 0 Å². The Hall–Kier alpha value is -2.04. The van der Waals surface area contributed by atoms with Crippen molar-refractivity contribution in [3.63, 3.8) is 0 Å². The van der Waals surface area contributed by atoms with E-state index in [4.69, 9.17) is 10.5 Å². The standard InChI is InChI=1S/C17H16F3N3O2S2/c1-25-6-3-7-27(24)16-14(21)13-11(17(18,19)20)8-12(23-15(13)26-16)10-4-2-5-22-9-10/h2,4-5,8-9H,3,6-7,21H2,1H3. The maximum Gasteiger partial charge on any atom is 0.417 e. The first-order chi connectivity index (χ1) is 12.8. The van der Waals surface area contributed by atoms with E-state index in [1.807, 2.05) is 0 Å². The topological polar surface area (TPSA) is 78.1 Å². The molecule has 0 aliphatic heterocycles. The van der Waals surface area contributed by atoms with Crippen LogP contribution in [0.3, 0.4) is 0 Å². The molecule has 0 saturated carbocycles. The number of alkyl halides is 3. The van der Waals surface area contributed by atoms with Gasteiger partial charge in [0.25, 0.3) is 0 Å². The Bertz CT molecular complexity index is 975. The average Bonchev–Trinajstić information content (AvgIpc) is 2.98. The number of thiophene rings is 1. The van der Waals surface area contributed by atoms with Gasteiger partial charge in [-0.15, -0.1) is 11.3 Å². The number of nitrogens with two attached hydrogens (primary N) is 1. The molecule has 0 radical (unpaired) electrons. The van der Waals surface area contributed by atoms with Crippen molar-refractivity contribution in [2.24, 2.45) is 0 Å². The van der Waals surface area contributed by atoms with Gasteiger partial charge in [0.1, 0.15) is 9.04 Å². The minimum Gasteiger partial charge on any atom is -0.396 e. The lowest BCUT2D eigenvalue weighted by Crippen LogP contribution is -2.08. The SMILES string of the molecule is COCCCS(=O)c1sc2nc(-c3cccnc3)cc(C(F)(F)F)c2c1N. The van der Waals surface area contributed by atoms with E-state index >= 15 is 0 Å². The second kappa shape index (κ2) is 7.91. The molecule has 0 bridgehead atoms. The van der Waals surface area contributed by atoms with E-state index in [-0.39, 0.29) is 31.6 Å². The molecule has 3 aromatic rings. The van der Waals surface area contributed by atoms with Gasteiger partial charge in [-0.25, -0.2) is 4.98 Å². The summed E-state index contributed by atoms with van der Waals surface area (Å²) in [6.07, 6.45) is -1.15. The van der Waals surface area contributed by atoms with Crippen molar-refractivity contribution in [2.75, 3.05) is 25.2 Å². The Kier molecular flexibility index (Phi) is 5.78. The highest BCUT2D eigenvalue weighted by molar-refractivity contribution is 7.87. The third-order valence-corrected chi connectivity index (χ3v) is 6.81. The number of halogens is 3. The molecule has 0 aromatic carbocycles. The molecule has 27 heavy (non-hydrogen) atoms. The highest BCUT2D eigenvalue weighted by Gasteiger charge is 2.36. The van der Waals surface area contributed by atoms with E-state index in [9.17, 15) is 17.4 Å². The summed E-state index contributed by atoms with van der Waals surface area (Å²) in [6, 6.07) is 4.20. The molecule has 0 aliphatic rings. The molecular formula is C17H16F3N3O2S2. The van der Waals surface area contributed by atoms with Gasteiger partial charge in [0.05, 0.1) is 27.7 Å². The minimum absolute atomic E-state index is 0.108. The fourth-order valence-corrected chi connectivity index (χ4v) is 5.21. The van der Waals surface area contributed by atoms with Gasteiger partial charge in [-0.2, -0.15) is 13.2 Å². The van der Waals surface area contributed by atoms with Gasteiger partial charge < -0.3 is 10.5 Å². The highest BCUT2D eigenvalue weighted by Crippen LogP contribution is 2.44. The summed E-state index contributed by atoms with van der Waals surface area (Å²) in [5.41, 5.74) is 5.55. The number of methoxy groups -OCH3 is 1. The van der Waals surface area contributed by atoms with Crippen LogP contribution in [0.4, 0.5) is 18.9 Å². The lowest BCUT2D eigenvalue weighted by Gasteiger charge is -2.11. The summed E-state index contributed by atoms with van der Waals surface area (Å²) in [4.78, 5) is 8.35. The molecule has 0 amide bonds. The summed E-state index contributed by atoms with van der Waals surface area (Å²) in [6.45, 7) is 0.410. The molecule has 0 aliphatic carbocycles. The van der Waals surface area contributed by atoms with E-state index in [0.717, 1.165) is 17.4 Å². The van der Waals surface area contributed by atoms with Crippen molar-refractivity contribution in [2.45, 2.75) is 16.8 Å². The molecule has 144 valence electrons. The molecule has 3 aromatic heterocycles. The zero-order valence-electron chi connectivity index (χ0n) is 14.2. The summed E-state index contributed by atoms with van der Waals surface area (Å²) in [7, 11) is 0.00257. The number of aromatic nitrogens is 2. The van der Waals surface area contributed by atoms with Gasteiger partial charge in [-0.05, 0) is 24.6 Å². The van der Waals surface area contributed by atoms with Crippen LogP contribution in [0, 0.1) is 0 Å². The maximum absolute atomic E-state index is 13.7. The van der Waals surface area contributed by atoms with Crippen molar-refractivity contribution in [3.8, 4) is 11.3 Å². The predicted molar refractivity (Wildman–Crippen MR) is 100 cm³/mol. The van der Waals surface area contributed by atoms with Crippen LogP contribution in [0.2, 0.25) is 0 Å². The lowest BCUT2D eigenvalue weighted by atomic mass is 10.1. The second-order valence-corrected chi connectivity index (χ2v) is 8.44. The number of rotatable bonds is 6. The normalized spacial score (nSPS) is 13.2. The summed E-state index contributed by atoms with van der Waals surface area (Å²) >= 11 is 0.932. The van der Waals surface area contributed by atoms with Crippen LogP contribution < -0.4 is 5.73 Å². The second-order valence-electron chi connectivity index (χ2n) is 5.67. The average molecular weight is 415 g/mol. The summed E-state index contributed by atoms with van der Waals surface area (Å²) in [5, 5.41) is -0.199. The number of hydrogen-bond donors (Lipinski definition) is 1. The zero-order chi connectivity index (χ0) is 19.6. The van der Waals surface area contributed by atoms with Crippen LogP contribution in [0.5, 0.6) is 0 Å². The predicted octanol–water partition coefficient (Wildman–Crippen LogP) is 4.10. The Morgan fingerprint density at radius 3 is 2.78 bits per heavy atom. The number of pyridine rings is 2. The van der Waals surface area contributed by atoms with Crippen molar-refractivity contribution in [1.82, 2.24) is 9.97 Å². The van der Waals surface area contributed by atoms with Gasteiger partial charge in [0.2, 0.25) is 0 Å². The van der Waals surface area contributed by atoms with E-state index < -0.39 is 22.5 Å². The van der Waals surface area contributed by atoms with E-state index in [1.54, 1.807) is 12.1 Å². The van der Waals surface area contributed by atoms with Gasteiger partial charge in [-0.1, -0.05) is 0 Å². The van der Waals surface area contributed by atoms with Crippen LogP contribution in [0.15, 0.2) is 34.8 Å². The van der Waals surface area contributed by atoms with Gasteiger partial charge >= 0.3 is 6.18 Å². The highest BCUT2D eigenvalue weighted by atomic mass is 32.2. The molecule has 0 spiro atoms. The molecule has 10 heteroatoms. The van der Waals surface area contributed by atoms with E-state index in [1.165, 1.54) is 19.5 Å². The Morgan fingerprint density at radius 1 is 1.37 bits per heavy atom. The van der Waals surface area contributed by atoms with E-state index in [2.05, 4.69) is 9.97 Å².